The summed E-state index contributed by atoms with van der Waals surface area (Å²) in [7, 11) is 0. The number of hydrogen-bond donors (Lipinski definition) is 0. The van der Waals surface area contributed by atoms with Crippen LogP contribution in [-0.4, -0.2) is 15.0 Å². The summed E-state index contributed by atoms with van der Waals surface area (Å²) in [5, 5.41) is 0.241. The van der Waals surface area contributed by atoms with Gasteiger partial charge in [0.1, 0.15) is 5.82 Å². The van der Waals surface area contributed by atoms with E-state index >= 15 is 0 Å². The summed E-state index contributed by atoms with van der Waals surface area (Å²) >= 11 is 6.15. The third-order valence-corrected chi connectivity index (χ3v) is 4.58. The van der Waals surface area contributed by atoms with Crippen LogP contribution in [0.15, 0.2) is 66.8 Å². The van der Waals surface area contributed by atoms with Gasteiger partial charge in [-0.2, -0.15) is 4.98 Å². The van der Waals surface area contributed by atoms with Crippen molar-refractivity contribution in [3.63, 3.8) is 0 Å². The van der Waals surface area contributed by atoms with Crippen LogP contribution in [0.2, 0.25) is 5.28 Å². The van der Waals surface area contributed by atoms with E-state index in [0.717, 1.165) is 30.7 Å². The molecular formula is C21H18ClN3. The average Bonchev–Trinajstić information content (AvgIpc) is 2.69. The minimum Gasteiger partial charge on any atom is -0.212 e. The normalized spacial score (nSPS) is 19.1. The van der Waals surface area contributed by atoms with Gasteiger partial charge in [-0.1, -0.05) is 66.8 Å². The first-order valence-corrected chi connectivity index (χ1v) is 8.90. The summed E-state index contributed by atoms with van der Waals surface area (Å²) in [4.78, 5) is 13.3. The highest BCUT2D eigenvalue weighted by atomic mass is 35.5. The van der Waals surface area contributed by atoms with Gasteiger partial charge in [0.05, 0.1) is 0 Å². The van der Waals surface area contributed by atoms with E-state index in [9.17, 15) is 0 Å². The highest BCUT2D eigenvalue weighted by Crippen LogP contribution is 2.27. The molecule has 0 bridgehead atoms. The van der Waals surface area contributed by atoms with Gasteiger partial charge in [-0.3, -0.25) is 0 Å². The van der Waals surface area contributed by atoms with Gasteiger partial charge in [-0.15, -0.1) is 0 Å². The molecular weight excluding hydrogens is 330 g/mol. The van der Waals surface area contributed by atoms with Gasteiger partial charge >= 0.3 is 0 Å². The summed E-state index contributed by atoms with van der Waals surface area (Å²) in [5.74, 6) is 1.50. The summed E-state index contributed by atoms with van der Waals surface area (Å²) in [5.41, 5.74) is 3.43. The first-order chi connectivity index (χ1) is 12.3. The molecule has 4 rings (SSSR count). The van der Waals surface area contributed by atoms with Gasteiger partial charge in [-0.05, 0) is 42.0 Å². The molecule has 1 atom stereocenters. The lowest BCUT2D eigenvalue weighted by atomic mass is 9.98. The molecule has 1 aromatic heterocycles. The molecule has 0 amide bonds. The minimum absolute atomic E-state index is 0.154. The molecule has 25 heavy (non-hydrogen) atoms. The van der Waals surface area contributed by atoms with Gasteiger partial charge in [0.2, 0.25) is 5.28 Å². The first kappa shape index (κ1) is 16.0. The van der Waals surface area contributed by atoms with Gasteiger partial charge in [-0.25, -0.2) is 9.97 Å². The van der Waals surface area contributed by atoms with Crippen LogP contribution in [0.4, 0.5) is 0 Å². The van der Waals surface area contributed by atoms with E-state index < -0.39 is 0 Å². The van der Waals surface area contributed by atoms with E-state index in [1.54, 1.807) is 0 Å². The number of nitrogens with zero attached hydrogens (tertiary/aromatic N) is 3. The van der Waals surface area contributed by atoms with E-state index in [2.05, 4.69) is 57.5 Å². The number of hydrogen-bond acceptors (Lipinski definition) is 3. The Bertz CT molecular complexity index is 892. The summed E-state index contributed by atoms with van der Waals surface area (Å²) in [6.45, 7) is 0. The largest absolute Gasteiger partial charge is 0.226 e. The Morgan fingerprint density at radius 3 is 2.44 bits per heavy atom. The second-order valence-electron chi connectivity index (χ2n) is 6.16. The molecule has 0 saturated heterocycles. The quantitative estimate of drug-likeness (QED) is 0.733. The molecule has 124 valence electrons. The SMILES string of the molecule is Clc1nc(-c2ccc(C3=CCCC=C3)cc2)nc(C2C=CC=CC2)n1. The van der Waals surface area contributed by atoms with Crippen LogP contribution < -0.4 is 0 Å². The van der Waals surface area contributed by atoms with Crippen molar-refractivity contribution in [3.05, 3.63) is 83.5 Å². The highest BCUT2D eigenvalue weighted by Gasteiger charge is 2.15. The molecule has 0 fully saturated rings. The Labute approximate surface area is 152 Å². The zero-order valence-corrected chi connectivity index (χ0v) is 14.5. The molecule has 0 saturated carbocycles. The van der Waals surface area contributed by atoms with Crippen molar-refractivity contribution in [2.75, 3.05) is 0 Å². The van der Waals surface area contributed by atoms with E-state index in [1.165, 1.54) is 11.1 Å². The Balaban J connectivity index is 1.64. The molecule has 3 nitrogen and oxygen atoms in total. The summed E-state index contributed by atoms with van der Waals surface area (Å²) in [6.07, 6.45) is 18.0. The first-order valence-electron chi connectivity index (χ1n) is 8.52. The van der Waals surface area contributed by atoms with Gasteiger partial charge in [0, 0.05) is 11.5 Å². The standard InChI is InChI=1S/C21H18ClN3/c22-21-24-19(17-9-5-2-6-10-17)23-20(25-21)18-13-11-16(12-14-18)15-7-3-1-4-8-15/h2-3,5-9,11-14,17H,1,4,10H2. The Hall–Kier alpha value is -2.52. The van der Waals surface area contributed by atoms with E-state index in [1.807, 2.05) is 24.3 Å². The van der Waals surface area contributed by atoms with E-state index in [-0.39, 0.29) is 11.2 Å². The van der Waals surface area contributed by atoms with Crippen molar-refractivity contribution >= 4 is 17.2 Å². The average molecular weight is 348 g/mol. The topological polar surface area (TPSA) is 38.7 Å². The van der Waals surface area contributed by atoms with Crippen LogP contribution in [0.25, 0.3) is 17.0 Å². The number of aromatic nitrogens is 3. The lowest BCUT2D eigenvalue weighted by Crippen LogP contribution is -2.06. The van der Waals surface area contributed by atoms with Crippen LogP contribution in [0.5, 0.6) is 0 Å². The van der Waals surface area contributed by atoms with Crippen molar-refractivity contribution < 1.29 is 0 Å². The maximum atomic E-state index is 6.15. The van der Waals surface area contributed by atoms with Crippen LogP contribution in [0, 0.1) is 0 Å². The highest BCUT2D eigenvalue weighted by molar-refractivity contribution is 6.28. The lowest BCUT2D eigenvalue weighted by Gasteiger charge is -2.13. The van der Waals surface area contributed by atoms with Gasteiger partial charge < -0.3 is 0 Å². The number of halogens is 1. The molecule has 1 aromatic carbocycles. The van der Waals surface area contributed by atoms with E-state index in [0.29, 0.717) is 5.82 Å². The van der Waals surface area contributed by atoms with Crippen molar-refractivity contribution in [2.24, 2.45) is 0 Å². The predicted octanol–water partition coefficient (Wildman–Crippen LogP) is 5.53. The molecule has 0 radical (unpaired) electrons. The molecule has 0 aliphatic heterocycles. The molecule has 2 aliphatic rings. The van der Waals surface area contributed by atoms with Crippen molar-refractivity contribution in [2.45, 2.75) is 25.2 Å². The van der Waals surface area contributed by atoms with Crippen LogP contribution >= 0.6 is 11.6 Å². The Morgan fingerprint density at radius 1 is 0.880 bits per heavy atom. The second kappa shape index (κ2) is 7.16. The van der Waals surface area contributed by atoms with Crippen molar-refractivity contribution in [1.82, 2.24) is 15.0 Å². The lowest BCUT2D eigenvalue weighted by molar-refractivity contribution is 0.761. The molecule has 2 aliphatic carbocycles. The van der Waals surface area contributed by atoms with Crippen LogP contribution in [-0.2, 0) is 0 Å². The second-order valence-corrected chi connectivity index (χ2v) is 6.50. The van der Waals surface area contributed by atoms with E-state index in [4.69, 9.17) is 11.6 Å². The Kier molecular flexibility index (Phi) is 4.57. The number of allylic oxidation sites excluding steroid dienone is 8. The maximum absolute atomic E-state index is 6.15. The number of benzene rings is 1. The Morgan fingerprint density at radius 2 is 1.72 bits per heavy atom. The fraction of sp³-hybridized carbons (Fsp3) is 0.190. The molecule has 0 N–H and O–H groups in total. The predicted molar refractivity (Wildman–Crippen MR) is 102 cm³/mol. The number of rotatable bonds is 3. The molecule has 1 heterocycles. The smallest absolute Gasteiger partial charge is 0.212 e. The van der Waals surface area contributed by atoms with Crippen LogP contribution in [0.1, 0.15) is 36.6 Å². The zero-order valence-electron chi connectivity index (χ0n) is 13.8. The fourth-order valence-electron chi connectivity index (χ4n) is 3.07. The minimum atomic E-state index is 0.154. The van der Waals surface area contributed by atoms with Crippen molar-refractivity contribution in [1.29, 1.82) is 0 Å². The molecule has 2 aromatic rings. The molecule has 4 heteroatoms. The zero-order chi connectivity index (χ0) is 17.1. The molecule has 1 unspecified atom stereocenters. The van der Waals surface area contributed by atoms with Gasteiger partial charge in [0.25, 0.3) is 0 Å². The van der Waals surface area contributed by atoms with Crippen molar-refractivity contribution in [3.8, 4) is 11.4 Å². The van der Waals surface area contributed by atoms with Crippen LogP contribution in [0.3, 0.4) is 0 Å². The summed E-state index contributed by atoms with van der Waals surface area (Å²) < 4.78 is 0. The van der Waals surface area contributed by atoms with Gasteiger partial charge in [0.15, 0.2) is 5.82 Å². The fourth-order valence-corrected chi connectivity index (χ4v) is 3.24. The summed E-state index contributed by atoms with van der Waals surface area (Å²) in [6, 6.07) is 8.31. The monoisotopic (exact) mass is 347 g/mol. The maximum Gasteiger partial charge on any atom is 0.226 e. The molecule has 0 spiro atoms. The third kappa shape index (κ3) is 3.62. The third-order valence-electron chi connectivity index (χ3n) is 4.41.